The van der Waals surface area contributed by atoms with Crippen LogP contribution in [0, 0.1) is 12.8 Å². The van der Waals surface area contributed by atoms with Crippen LogP contribution in [0.4, 0.5) is 5.69 Å². The fourth-order valence-electron chi connectivity index (χ4n) is 3.84. The summed E-state index contributed by atoms with van der Waals surface area (Å²) in [5, 5.41) is 13.8. The fraction of sp³-hybridized carbons (Fsp3) is 0.385. The van der Waals surface area contributed by atoms with Gasteiger partial charge in [0.15, 0.2) is 0 Å². The molecule has 0 bridgehead atoms. The maximum Gasteiger partial charge on any atom is 0.343 e. The van der Waals surface area contributed by atoms with E-state index in [2.05, 4.69) is 5.32 Å². The van der Waals surface area contributed by atoms with E-state index in [1.54, 1.807) is 30.7 Å². The van der Waals surface area contributed by atoms with E-state index in [9.17, 15) is 14.7 Å². The lowest BCUT2D eigenvalue weighted by Crippen LogP contribution is -2.26. The van der Waals surface area contributed by atoms with Gasteiger partial charge in [0.05, 0.1) is 37.6 Å². The van der Waals surface area contributed by atoms with Crippen molar-refractivity contribution in [1.82, 2.24) is 4.57 Å². The number of carbonyl (C=O) groups is 1. The molecule has 0 unspecified atom stereocenters. The monoisotopic (exact) mass is 452 g/mol. The smallest absolute Gasteiger partial charge is 0.343 e. The molecule has 0 spiro atoms. The van der Waals surface area contributed by atoms with Crippen LogP contribution in [0.1, 0.15) is 48.3 Å². The Labute approximate surface area is 194 Å². The summed E-state index contributed by atoms with van der Waals surface area (Å²) in [6.45, 7) is 8.24. The van der Waals surface area contributed by atoms with E-state index in [0.29, 0.717) is 28.9 Å². The number of methoxy groups -OCH3 is 1. The first-order chi connectivity index (χ1) is 15.8. The van der Waals surface area contributed by atoms with Crippen LogP contribution in [0.25, 0.3) is 10.9 Å². The lowest BCUT2D eigenvalue weighted by atomic mass is 10.0. The summed E-state index contributed by atoms with van der Waals surface area (Å²) in [7, 11) is 1.57. The Morgan fingerprint density at radius 2 is 1.88 bits per heavy atom. The Balaban J connectivity index is 2.18. The highest BCUT2D eigenvalue weighted by Crippen LogP contribution is 2.32. The first-order valence-electron chi connectivity index (χ1n) is 11.1. The van der Waals surface area contributed by atoms with E-state index in [1.165, 1.54) is 11.8 Å². The number of aliphatic hydroxyl groups is 1. The molecule has 1 heterocycles. The minimum absolute atomic E-state index is 0.0566. The molecular weight excluding hydrogens is 420 g/mol. The molecule has 1 atom stereocenters. The van der Waals surface area contributed by atoms with Gasteiger partial charge >= 0.3 is 5.97 Å². The number of fused-ring (bicyclic) bond motifs is 1. The molecular formula is C26H32N2O5. The van der Waals surface area contributed by atoms with Crippen LogP contribution < -0.4 is 15.5 Å². The zero-order chi connectivity index (χ0) is 24.1. The lowest BCUT2D eigenvalue weighted by Gasteiger charge is -2.25. The number of carbonyl (C=O) groups excluding carboxylic acids is 1. The van der Waals surface area contributed by atoms with Crippen molar-refractivity contribution < 1.29 is 19.4 Å². The minimum Gasteiger partial charge on any atom is -0.495 e. The number of aryl methyl sites for hydroxylation is 1. The molecule has 176 valence electrons. The van der Waals surface area contributed by atoms with Crippen LogP contribution in [0.5, 0.6) is 5.75 Å². The van der Waals surface area contributed by atoms with Crippen LogP contribution in [0.3, 0.4) is 0 Å². The summed E-state index contributed by atoms with van der Waals surface area (Å²) < 4.78 is 12.5. The van der Waals surface area contributed by atoms with E-state index in [1.807, 2.05) is 45.0 Å². The Kier molecular flexibility index (Phi) is 7.76. The summed E-state index contributed by atoms with van der Waals surface area (Å²) in [5.41, 5.74) is 3.01. The number of benzene rings is 2. The minimum atomic E-state index is -0.677. The number of nitrogens with one attached hydrogen (secondary N) is 1. The summed E-state index contributed by atoms with van der Waals surface area (Å²) in [6, 6.07) is 11.3. The molecule has 2 aromatic carbocycles. The van der Waals surface area contributed by atoms with Crippen molar-refractivity contribution in [3.05, 3.63) is 69.5 Å². The third-order valence-electron chi connectivity index (χ3n) is 5.77. The fourth-order valence-corrected chi connectivity index (χ4v) is 3.84. The van der Waals surface area contributed by atoms with Crippen molar-refractivity contribution in [2.45, 2.75) is 40.3 Å². The van der Waals surface area contributed by atoms with E-state index in [0.717, 1.165) is 5.56 Å². The highest BCUT2D eigenvalue weighted by atomic mass is 16.5. The molecule has 0 fully saturated rings. The van der Waals surface area contributed by atoms with E-state index < -0.39 is 11.4 Å². The molecule has 0 amide bonds. The highest BCUT2D eigenvalue weighted by molar-refractivity contribution is 5.95. The quantitative estimate of drug-likeness (QED) is 0.471. The molecule has 0 saturated heterocycles. The normalized spacial score (nSPS) is 12.1. The average Bonchev–Trinajstić information content (AvgIpc) is 2.80. The summed E-state index contributed by atoms with van der Waals surface area (Å²) in [4.78, 5) is 25.8. The maximum atomic E-state index is 13.3. The number of aliphatic hydroxyl groups excluding tert-OH is 1. The Morgan fingerprint density at radius 1 is 1.18 bits per heavy atom. The zero-order valence-corrected chi connectivity index (χ0v) is 19.8. The number of hydrogen-bond acceptors (Lipinski definition) is 6. The second-order valence-corrected chi connectivity index (χ2v) is 8.40. The number of hydrogen-bond donors (Lipinski definition) is 2. The molecule has 1 aromatic heterocycles. The number of rotatable bonds is 9. The Bertz CT molecular complexity index is 1180. The average molecular weight is 453 g/mol. The van der Waals surface area contributed by atoms with Gasteiger partial charge in [0.2, 0.25) is 5.43 Å². The molecule has 7 nitrogen and oxygen atoms in total. The standard InChI is InChI=1S/C26H32N2O5/c1-6-33-26(31)20-14-28(23(15-29)16(2)3)22-12-24(32-5)21(11-19(22)25(20)30)27-13-18-9-7-17(4)8-10-18/h7-12,14,16,23,27,29H,6,13,15H2,1-5H3/t23-/m1/s1. The second kappa shape index (κ2) is 10.5. The third-order valence-corrected chi connectivity index (χ3v) is 5.77. The van der Waals surface area contributed by atoms with Gasteiger partial charge in [0.25, 0.3) is 0 Å². The largest absolute Gasteiger partial charge is 0.495 e. The maximum absolute atomic E-state index is 13.3. The van der Waals surface area contributed by atoms with Crippen molar-refractivity contribution >= 4 is 22.6 Å². The van der Waals surface area contributed by atoms with Gasteiger partial charge in [-0.15, -0.1) is 0 Å². The SMILES string of the molecule is CCOC(=O)c1cn([C@H](CO)C(C)C)c2cc(OC)c(NCc3ccc(C)cc3)cc2c1=O. The van der Waals surface area contributed by atoms with Crippen LogP contribution in [-0.4, -0.2) is 36.0 Å². The Morgan fingerprint density at radius 3 is 2.45 bits per heavy atom. The molecule has 33 heavy (non-hydrogen) atoms. The van der Waals surface area contributed by atoms with Crippen molar-refractivity contribution in [2.75, 3.05) is 25.6 Å². The molecule has 2 N–H and O–H groups in total. The molecule has 3 aromatic rings. The van der Waals surface area contributed by atoms with Crippen molar-refractivity contribution in [1.29, 1.82) is 0 Å². The molecule has 0 aliphatic carbocycles. The summed E-state index contributed by atoms with van der Waals surface area (Å²) >= 11 is 0. The number of esters is 1. The van der Waals surface area contributed by atoms with Gasteiger partial charge in [-0.25, -0.2) is 4.79 Å². The van der Waals surface area contributed by atoms with Gasteiger partial charge in [0.1, 0.15) is 11.3 Å². The van der Waals surface area contributed by atoms with Crippen LogP contribution in [0.2, 0.25) is 0 Å². The van der Waals surface area contributed by atoms with E-state index in [4.69, 9.17) is 9.47 Å². The zero-order valence-electron chi connectivity index (χ0n) is 19.8. The molecule has 0 aliphatic rings. The molecule has 0 radical (unpaired) electrons. The van der Waals surface area contributed by atoms with Gasteiger partial charge in [0, 0.05) is 24.2 Å². The Hall–Kier alpha value is -3.32. The van der Waals surface area contributed by atoms with Gasteiger partial charge in [-0.1, -0.05) is 43.7 Å². The predicted octanol–water partition coefficient (Wildman–Crippen LogP) is 4.30. The molecule has 0 saturated carbocycles. The van der Waals surface area contributed by atoms with Crippen LogP contribution >= 0.6 is 0 Å². The van der Waals surface area contributed by atoms with Crippen molar-refractivity contribution in [2.24, 2.45) is 5.92 Å². The number of anilines is 1. The summed E-state index contributed by atoms with van der Waals surface area (Å²) in [5.74, 6) is -0.0586. The highest BCUT2D eigenvalue weighted by Gasteiger charge is 2.23. The first kappa shape index (κ1) is 24.3. The van der Waals surface area contributed by atoms with Crippen LogP contribution in [-0.2, 0) is 11.3 Å². The number of pyridine rings is 1. The van der Waals surface area contributed by atoms with Crippen LogP contribution in [0.15, 0.2) is 47.4 Å². The molecule has 3 rings (SSSR count). The number of nitrogens with zero attached hydrogens (tertiary/aromatic N) is 1. The van der Waals surface area contributed by atoms with Gasteiger partial charge in [-0.05, 0) is 31.4 Å². The topological polar surface area (TPSA) is 89.8 Å². The second-order valence-electron chi connectivity index (χ2n) is 8.40. The van der Waals surface area contributed by atoms with E-state index in [-0.39, 0.29) is 30.7 Å². The van der Waals surface area contributed by atoms with Gasteiger partial charge < -0.3 is 24.5 Å². The first-order valence-corrected chi connectivity index (χ1v) is 11.1. The number of aromatic nitrogens is 1. The van der Waals surface area contributed by atoms with Crippen molar-refractivity contribution in [3.8, 4) is 5.75 Å². The van der Waals surface area contributed by atoms with Crippen molar-refractivity contribution in [3.63, 3.8) is 0 Å². The summed E-state index contributed by atoms with van der Waals surface area (Å²) in [6.07, 6.45) is 1.49. The third kappa shape index (κ3) is 5.20. The molecule has 7 heteroatoms. The van der Waals surface area contributed by atoms with Gasteiger partial charge in [-0.2, -0.15) is 0 Å². The predicted molar refractivity (Wildman–Crippen MR) is 130 cm³/mol. The number of ether oxygens (including phenoxy) is 2. The van der Waals surface area contributed by atoms with Gasteiger partial charge in [-0.3, -0.25) is 4.79 Å². The lowest BCUT2D eigenvalue weighted by molar-refractivity contribution is 0.0523. The van der Waals surface area contributed by atoms with E-state index >= 15 is 0 Å². The molecule has 0 aliphatic heterocycles.